The van der Waals surface area contributed by atoms with E-state index in [2.05, 4.69) is 4.98 Å². The number of ether oxygens (including phenoxy) is 1. The van der Waals surface area contributed by atoms with Crippen molar-refractivity contribution in [2.24, 2.45) is 0 Å². The number of aromatic carboxylic acids is 1. The van der Waals surface area contributed by atoms with Crippen molar-refractivity contribution in [3.63, 3.8) is 0 Å². The van der Waals surface area contributed by atoms with Gasteiger partial charge in [0, 0.05) is 4.88 Å². The van der Waals surface area contributed by atoms with Gasteiger partial charge in [-0.3, -0.25) is 0 Å². The maximum absolute atomic E-state index is 13.2. The van der Waals surface area contributed by atoms with Crippen LogP contribution in [0.4, 0.5) is 4.39 Å². The van der Waals surface area contributed by atoms with Gasteiger partial charge in [0.1, 0.15) is 0 Å². The van der Waals surface area contributed by atoms with Crippen LogP contribution in [0.15, 0.2) is 29.8 Å². The number of aryl methyl sites for hydroxylation is 1. The largest absolute Gasteiger partial charge is 0.491 e. The molecule has 0 amide bonds. The summed E-state index contributed by atoms with van der Waals surface area (Å²) < 4.78 is 18.5. The highest BCUT2D eigenvalue weighted by atomic mass is 32.1. The number of carboxylic acid groups (broad SMARTS) is 1. The topological polar surface area (TPSA) is 59.4 Å². The Balaban J connectivity index is 1.83. The van der Waals surface area contributed by atoms with Crippen LogP contribution < -0.4 is 4.74 Å². The molecule has 0 unspecified atom stereocenters. The summed E-state index contributed by atoms with van der Waals surface area (Å²) in [4.78, 5) is 15.3. The zero-order valence-electron chi connectivity index (χ0n) is 10.0. The van der Waals surface area contributed by atoms with E-state index >= 15 is 0 Å². The van der Waals surface area contributed by atoms with Crippen LogP contribution in [-0.4, -0.2) is 22.7 Å². The van der Waals surface area contributed by atoms with E-state index in [-0.39, 0.29) is 11.4 Å². The molecule has 100 valence electrons. The molecule has 19 heavy (non-hydrogen) atoms. The number of rotatable bonds is 6. The number of nitrogens with zero attached hydrogens (tertiary/aromatic N) is 1. The van der Waals surface area contributed by atoms with Crippen LogP contribution in [0, 0.1) is 5.82 Å². The van der Waals surface area contributed by atoms with Gasteiger partial charge in [-0.05, 0) is 25.0 Å². The van der Waals surface area contributed by atoms with Gasteiger partial charge in [0.25, 0.3) is 0 Å². The first kappa shape index (κ1) is 13.5. The second-order valence-corrected chi connectivity index (χ2v) is 4.75. The molecule has 6 heteroatoms. The molecular weight excluding hydrogens is 269 g/mol. The van der Waals surface area contributed by atoms with Crippen LogP contribution in [0.3, 0.4) is 0 Å². The average Bonchev–Trinajstić information content (AvgIpc) is 2.85. The van der Waals surface area contributed by atoms with Crippen LogP contribution >= 0.6 is 11.3 Å². The van der Waals surface area contributed by atoms with Crippen LogP contribution in [0.1, 0.15) is 21.8 Å². The quantitative estimate of drug-likeness (QED) is 0.827. The number of carbonyl (C=O) groups is 1. The van der Waals surface area contributed by atoms with Gasteiger partial charge >= 0.3 is 5.97 Å². The fourth-order valence-corrected chi connectivity index (χ4v) is 2.40. The Morgan fingerprint density at radius 3 is 2.95 bits per heavy atom. The van der Waals surface area contributed by atoms with E-state index in [1.807, 2.05) is 0 Å². The summed E-state index contributed by atoms with van der Waals surface area (Å²) in [5.74, 6) is -1.21. The summed E-state index contributed by atoms with van der Waals surface area (Å²) in [5, 5.41) is 8.89. The van der Waals surface area contributed by atoms with Crippen molar-refractivity contribution < 1.29 is 19.0 Å². The van der Waals surface area contributed by atoms with Gasteiger partial charge in [-0.25, -0.2) is 14.2 Å². The van der Waals surface area contributed by atoms with Gasteiger partial charge in [-0.2, -0.15) is 0 Å². The van der Waals surface area contributed by atoms with E-state index < -0.39 is 11.8 Å². The highest BCUT2D eigenvalue weighted by Gasteiger charge is 2.12. The molecule has 0 aliphatic heterocycles. The predicted molar refractivity (Wildman–Crippen MR) is 69.3 cm³/mol. The minimum Gasteiger partial charge on any atom is -0.491 e. The van der Waals surface area contributed by atoms with E-state index in [0.29, 0.717) is 24.3 Å². The minimum absolute atomic E-state index is 0.0934. The second kappa shape index (κ2) is 6.29. The molecule has 1 aromatic carbocycles. The van der Waals surface area contributed by atoms with Crippen LogP contribution in [0.2, 0.25) is 0 Å². The van der Waals surface area contributed by atoms with E-state index in [1.54, 1.807) is 18.2 Å². The van der Waals surface area contributed by atoms with Crippen molar-refractivity contribution in [1.82, 2.24) is 4.98 Å². The average molecular weight is 281 g/mol. The van der Waals surface area contributed by atoms with Crippen molar-refractivity contribution >= 4 is 17.3 Å². The maximum Gasteiger partial charge on any atom is 0.355 e. The van der Waals surface area contributed by atoms with Gasteiger partial charge in [-0.15, -0.1) is 11.3 Å². The number of halogens is 1. The third-order valence-corrected chi connectivity index (χ3v) is 3.38. The van der Waals surface area contributed by atoms with Gasteiger partial charge < -0.3 is 9.84 Å². The number of thiazole rings is 1. The van der Waals surface area contributed by atoms with Gasteiger partial charge in [0.05, 0.1) is 12.1 Å². The number of hydrogen-bond donors (Lipinski definition) is 1. The number of aromatic nitrogens is 1. The van der Waals surface area contributed by atoms with Crippen molar-refractivity contribution in [2.75, 3.05) is 6.61 Å². The molecule has 0 saturated carbocycles. The molecule has 1 heterocycles. The SMILES string of the molecule is O=C(O)c1ncsc1CCCOc1ccccc1F. The Bertz CT molecular complexity index is 571. The lowest BCUT2D eigenvalue weighted by atomic mass is 10.2. The van der Waals surface area contributed by atoms with Crippen molar-refractivity contribution in [3.05, 3.63) is 46.2 Å². The lowest BCUT2D eigenvalue weighted by Gasteiger charge is -2.06. The number of benzene rings is 1. The third kappa shape index (κ3) is 3.51. The summed E-state index contributed by atoms with van der Waals surface area (Å²) in [6, 6.07) is 6.19. The smallest absolute Gasteiger partial charge is 0.355 e. The molecule has 0 fully saturated rings. The highest BCUT2D eigenvalue weighted by molar-refractivity contribution is 7.09. The molecule has 2 rings (SSSR count). The number of carboxylic acids is 1. The van der Waals surface area contributed by atoms with Crippen LogP contribution in [0.25, 0.3) is 0 Å². The standard InChI is InChI=1S/C13H12FNO3S/c14-9-4-1-2-5-10(9)18-7-3-6-11-12(13(16)17)15-8-19-11/h1-2,4-5,8H,3,6-7H2,(H,16,17). The Labute approximate surface area is 113 Å². The normalized spacial score (nSPS) is 10.4. The monoisotopic (exact) mass is 281 g/mol. The van der Waals surface area contributed by atoms with Crippen molar-refractivity contribution in [2.45, 2.75) is 12.8 Å². The molecule has 0 radical (unpaired) electrons. The highest BCUT2D eigenvalue weighted by Crippen LogP contribution is 2.18. The summed E-state index contributed by atoms with van der Waals surface area (Å²) in [6.07, 6.45) is 1.16. The first-order valence-electron chi connectivity index (χ1n) is 5.71. The molecule has 0 aliphatic carbocycles. The zero-order valence-corrected chi connectivity index (χ0v) is 10.8. The second-order valence-electron chi connectivity index (χ2n) is 3.81. The first-order chi connectivity index (χ1) is 9.18. The number of hydrogen-bond acceptors (Lipinski definition) is 4. The minimum atomic E-state index is -1.02. The van der Waals surface area contributed by atoms with E-state index in [4.69, 9.17) is 9.84 Å². The molecule has 4 nitrogen and oxygen atoms in total. The molecule has 0 saturated heterocycles. The molecule has 1 aromatic heterocycles. The maximum atomic E-state index is 13.2. The summed E-state index contributed by atoms with van der Waals surface area (Å²) in [6.45, 7) is 0.331. The van der Waals surface area contributed by atoms with Crippen molar-refractivity contribution in [3.8, 4) is 5.75 Å². The molecule has 1 N–H and O–H groups in total. The molecule has 2 aromatic rings. The predicted octanol–water partition coefficient (Wildman–Crippen LogP) is 2.99. The fourth-order valence-electron chi connectivity index (χ4n) is 1.60. The first-order valence-corrected chi connectivity index (χ1v) is 6.59. The lowest BCUT2D eigenvalue weighted by Crippen LogP contribution is -2.04. The molecule has 0 bridgehead atoms. The van der Waals surface area contributed by atoms with Gasteiger partial charge in [-0.1, -0.05) is 12.1 Å². The number of para-hydroxylation sites is 1. The van der Waals surface area contributed by atoms with Gasteiger partial charge in [0.15, 0.2) is 17.3 Å². The lowest BCUT2D eigenvalue weighted by molar-refractivity contribution is 0.0690. The Morgan fingerprint density at radius 2 is 2.21 bits per heavy atom. The van der Waals surface area contributed by atoms with Crippen LogP contribution in [-0.2, 0) is 6.42 Å². The molecule has 0 atom stereocenters. The molecule has 0 aliphatic rings. The van der Waals surface area contributed by atoms with E-state index in [9.17, 15) is 9.18 Å². The van der Waals surface area contributed by atoms with E-state index in [1.165, 1.54) is 22.9 Å². The fraction of sp³-hybridized carbons (Fsp3) is 0.231. The zero-order chi connectivity index (χ0) is 13.7. The Hall–Kier alpha value is -1.95. The summed E-state index contributed by atoms with van der Waals surface area (Å²) in [5.41, 5.74) is 1.60. The Morgan fingerprint density at radius 1 is 1.42 bits per heavy atom. The van der Waals surface area contributed by atoms with Gasteiger partial charge in [0.2, 0.25) is 0 Å². The van der Waals surface area contributed by atoms with E-state index in [0.717, 1.165) is 0 Å². The van der Waals surface area contributed by atoms with Crippen molar-refractivity contribution in [1.29, 1.82) is 0 Å². The Kier molecular flexibility index (Phi) is 4.46. The van der Waals surface area contributed by atoms with Crippen LogP contribution in [0.5, 0.6) is 5.75 Å². The molecular formula is C13H12FNO3S. The molecule has 0 spiro atoms. The summed E-state index contributed by atoms with van der Waals surface area (Å²) in [7, 11) is 0. The third-order valence-electron chi connectivity index (χ3n) is 2.49. The summed E-state index contributed by atoms with van der Waals surface area (Å²) >= 11 is 1.31.